The number of benzene rings is 2. The van der Waals surface area contributed by atoms with Crippen LogP contribution in [0, 0.1) is 0 Å². The number of amides is 2. The van der Waals surface area contributed by atoms with Crippen molar-refractivity contribution in [1.29, 1.82) is 0 Å². The van der Waals surface area contributed by atoms with Crippen molar-refractivity contribution in [3.05, 3.63) is 63.4 Å². The second-order valence-electron chi connectivity index (χ2n) is 6.34. The van der Waals surface area contributed by atoms with Crippen LogP contribution in [0.5, 0.6) is 0 Å². The van der Waals surface area contributed by atoms with Gasteiger partial charge in [-0.15, -0.1) is 10.2 Å². The molecule has 7 nitrogen and oxygen atoms in total. The Hall–Kier alpha value is -2.26. The number of halogens is 3. The Labute approximate surface area is 198 Å². The molecule has 2 amide bonds. The Morgan fingerprint density at radius 3 is 2.39 bits per heavy atom. The van der Waals surface area contributed by atoms with Crippen LogP contribution >= 0.6 is 46.6 Å². The van der Waals surface area contributed by atoms with Gasteiger partial charge in [0, 0.05) is 22.3 Å². The first-order valence-electron chi connectivity index (χ1n) is 9.21. The second kappa shape index (κ2) is 10.9. The lowest BCUT2D eigenvalue weighted by atomic mass is 10.3. The minimum absolute atomic E-state index is 0.0499. The van der Waals surface area contributed by atoms with Crippen molar-refractivity contribution in [2.75, 3.05) is 16.4 Å². The van der Waals surface area contributed by atoms with E-state index in [-0.39, 0.29) is 24.0 Å². The van der Waals surface area contributed by atoms with Crippen molar-refractivity contribution in [2.45, 2.75) is 25.0 Å². The summed E-state index contributed by atoms with van der Waals surface area (Å²) in [5.74, 6) is 0.115. The summed E-state index contributed by atoms with van der Waals surface area (Å²) in [6, 6.07) is 11.7. The number of nitrogens with one attached hydrogen (secondary N) is 2. The van der Waals surface area contributed by atoms with Crippen molar-refractivity contribution >= 4 is 69.8 Å². The molecule has 0 aliphatic rings. The average molecular weight is 499 g/mol. The van der Waals surface area contributed by atoms with Crippen LogP contribution in [0.15, 0.2) is 47.6 Å². The summed E-state index contributed by atoms with van der Waals surface area (Å²) < 4.78 is 1.80. The molecule has 3 aromatic rings. The van der Waals surface area contributed by atoms with E-state index in [1.165, 1.54) is 11.8 Å². The molecule has 31 heavy (non-hydrogen) atoms. The Morgan fingerprint density at radius 2 is 1.68 bits per heavy atom. The molecule has 2 aromatic carbocycles. The summed E-state index contributed by atoms with van der Waals surface area (Å²) in [5.41, 5.74) is 1.08. The molecule has 11 heteroatoms. The number of anilines is 2. The quantitative estimate of drug-likeness (QED) is 0.418. The molecule has 0 atom stereocenters. The van der Waals surface area contributed by atoms with Crippen LogP contribution in [-0.2, 0) is 22.6 Å². The number of hydrogen-bond acceptors (Lipinski definition) is 5. The lowest BCUT2D eigenvalue weighted by Gasteiger charge is -2.09. The lowest BCUT2D eigenvalue weighted by molar-refractivity contribution is -0.116. The van der Waals surface area contributed by atoms with Crippen molar-refractivity contribution in [3.8, 4) is 0 Å². The molecular weight excluding hydrogens is 481 g/mol. The van der Waals surface area contributed by atoms with Gasteiger partial charge in [0.1, 0.15) is 5.82 Å². The molecule has 0 spiro atoms. The van der Waals surface area contributed by atoms with E-state index in [1.54, 1.807) is 47.0 Å². The normalized spacial score (nSPS) is 10.7. The van der Waals surface area contributed by atoms with Gasteiger partial charge in [0.05, 0.1) is 22.9 Å². The van der Waals surface area contributed by atoms with Crippen LogP contribution in [0.2, 0.25) is 15.1 Å². The number of rotatable bonds is 8. The summed E-state index contributed by atoms with van der Waals surface area (Å²) in [4.78, 5) is 24.6. The van der Waals surface area contributed by atoms with Crippen molar-refractivity contribution in [1.82, 2.24) is 14.8 Å². The van der Waals surface area contributed by atoms with E-state index in [2.05, 4.69) is 20.8 Å². The Kier molecular flexibility index (Phi) is 8.20. The zero-order valence-corrected chi connectivity index (χ0v) is 19.4. The van der Waals surface area contributed by atoms with Gasteiger partial charge >= 0.3 is 0 Å². The molecular formula is C20H18Cl3N5O2S. The third kappa shape index (κ3) is 6.61. The zero-order valence-electron chi connectivity index (χ0n) is 16.4. The highest BCUT2D eigenvalue weighted by atomic mass is 35.5. The highest BCUT2D eigenvalue weighted by molar-refractivity contribution is 7.99. The number of carbonyl (C=O) groups is 2. The first kappa shape index (κ1) is 23.4. The molecule has 1 heterocycles. The summed E-state index contributed by atoms with van der Waals surface area (Å²) in [6.45, 7) is 2.47. The van der Waals surface area contributed by atoms with E-state index >= 15 is 0 Å². The van der Waals surface area contributed by atoms with Gasteiger partial charge in [-0.25, -0.2) is 0 Å². The molecule has 2 N–H and O–H groups in total. The van der Waals surface area contributed by atoms with E-state index in [0.29, 0.717) is 44.0 Å². The third-order valence-corrected chi connectivity index (χ3v) is 5.87. The molecule has 3 rings (SSSR count). The lowest BCUT2D eigenvalue weighted by Crippen LogP contribution is -2.18. The molecule has 0 saturated carbocycles. The van der Waals surface area contributed by atoms with Crippen molar-refractivity contribution in [3.63, 3.8) is 0 Å². The van der Waals surface area contributed by atoms with Crippen molar-refractivity contribution < 1.29 is 9.59 Å². The van der Waals surface area contributed by atoms with E-state index in [0.717, 1.165) is 0 Å². The van der Waals surface area contributed by atoms with Gasteiger partial charge in [0.15, 0.2) is 5.16 Å². The summed E-state index contributed by atoms with van der Waals surface area (Å²) in [6.07, 6.45) is 0.0499. The maximum Gasteiger partial charge on any atom is 0.234 e. The number of thioether (sulfide) groups is 1. The maximum atomic E-state index is 12.4. The molecule has 0 fully saturated rings. The first-order valence-corrected chi connectivity index (χ1v) is 11.3. The highest BCUT2D eigenvalue weighted by Gasteiger charge is 2.16. The molecule has 0 saturated heterocycles. The summed E-state index contributed by atoms with van der Waals surface area (Å²) in [5, 5.41) is 15.7. The average Bonchev–Trinajstić information content (AvgIpc) is 3.12. The minimum Gasteiger partial charge on any atom is -0.326 e. The summed E-state index contributed by atoms with van der Waals surface area (Å²) in [7, 11) is 0. The predicted octanol–water partition coefficient (Wildman–Crippen LogP) is 5.17. The van der Waals surface area contributed by atoms with Crippen LogP contribution in [0.1, 0.15) is 12.7 Å². The Morgan fingerprint density at radius 1 is 0.968 bits per heavy atom. The monoisotopic (exact) mass is 497 g/mol. The number of carbonyl (C=O) groups excluding carboxylic acids is 2. The maximum absolute atomic E-state index is 12.4. The van der Waals surface area contributed by atoms with Gasteiger partial charge in [-0.3, -0.25) is 9.59 Å². The smallest absolute Gasteiger partial charge is 0.234 e. The third-order valence-electron chi connectivity index (χ3n) is 4.09. The molecule has 0 aliphatic carbocycles. The van der Waals surface area contributed by atoms with Gasteiger partial charge in [0.25, 0.3) is 0 Å². The van der Waals surface area contributed by atoms with E-state index in [9.17, 15) is 9.59 Å². The highest BCUT2D eigenvalue weighted by Crippen LogP contribution is 2.26. The molecule has 0 bridgehead atoms. The van der Waals surface area contributed by atoms with Crippen LogP contribution in [0.25, 0.3) is 0 Å². The second-order valence-corrected chi connectivity index (χ2v) is 8.56. The Balaban J connectivity index is 1.59. The van der Waals surface area contributed by atoms with Gasteiger partial charge in [-0.1, -0.05) is 46.6 Å². The minimum atomic E-state index is -0.262. The van der Waals surface area contributed by atoms with Gasteiger partial charge in [-0.05, 0) is 49.4 Å². The number of nitrogens with zero attached hydrogens (tertiary/aromatic N) is 3. The van der Waals surface area contributed by atoms with E-state index < -0.39 is 0 Å². The van der Waals surface area contributed by atoms with Crippen LogP contribution in [-0.4, -0.2) is 32.3 Å². The fraction of sp³-hybridized carbons (Fsp3) is 0.200. The van der Waals surface area contributed by atoms with E-state index in [4.69, 9.17) is 34.8 Å². The predicted molar refractivity (Wildman–Crippen MR) is 125 cm³/mol. The van der Waals surface area contributed by atoms with Crippen LogP contribution in [0.3, 0.4) is 0 Å². The van der Waals surface area contributed by atoms with Crippen molar-refractivity contribution in [2.24, 2.45) is 0 Å². The van der Waals surface area contributed by atoms with E-state index in [1.807, 2.05) is 6.92 Å². The summed E-state index contributed by atoms with van der Waals surface area (Å²) >= 11 is 19.1. The molecule has 0 radical (unpaired) electrons. The molecule has 0 aliphatic heterocycles. The number of aromatic nitrogens is 3. The fourth-order valence-electron chi connectivity index (χ4n) is 2.67. The standard InChI is InChI=1S/C20H18Cl3N5O2S/c1-2-28-17(10-18(29)24-14-6-3-12(21)4-7-14)26-27-20(28)31-11-19(30)25-16-9-13(22)5-8-15(16)23/h3-9H,2,10-11H2,1H3,(H,24,29)(H,25,30). The fourth-order valence-corrected chi connectivity index (χ4v) is 3.95. The first-order chi connectivity index (χ1) is 14.9. The SMILES string of the molecule is CCn1c(CC(=O)Nc2ccc(Cl)cc2)nnc1SCC(=O)Nc1cc(Cl)ccc1Cl. The topological polar surface area (TPSA) is 88.9 Å². The molecule has 0 unspecified atom stereocenters. The van der Waals surface area contributed by atoms with Gasteiger partial charge < -0.3 is 15.2 Å². The van der Waals surface area contributed by atoms with Crippen LogP contribution < -0.4 is 10.6 Å². The zero-order chi connectivity index (χ0) is 22.4. The molecule has 1 aromatic heterocycles. The largest absolute Gasteiger partial charge is 0.326 e. The van der Waals surface area contributed by atoms with Crippen LogP contribution in [0.4, 0.5) is 11.4 Å². The molecule has 162 valence electrons. The van der Waals surface area contributed by atoms with Gasteiger partial charge in [0.2, 0.25) is 11.8 Å². The van der Waals surface area contributed by atoms with Gasteiger partial charge in [-0.2, -0.15) is 0 Å². The number of hydrogen-bond donors (Lipinski definition) is 2. The Bertz CT molecular complexity index is 1090.